The summed E-state index contributed by atoms with van der Waals surface area (Å²) in [4.78, 5) is 19.2. The average Bonchev–Trinajstić information content (AvgIpc) is 3.34. The van der Waals surface area contributed by atoms with Crippen LogP contribution in [0.4, 0.5) is 0 Å². The Labute approximate surface area is 165 Å². The number of pyridine rings is 1. The zero-order valence-electron chi connectivity index (χ0n) is 16.9. The molecule has 0 bridgehead atoms. The molecule has 1 amide bonds. The monoisotopic (exact) mass is 384 g/mol. The molecule has 1 atom stereocenters. The van der Waals surface area contributed by atoms with Crippen molar-refractivity contribution >= 4 is 5.91 Å². The van der Waals surface area contributed by atoms with E-state index < -0.39 is 0 Å². The van der Waals surface area contributed by atoms with Crippen LogP contribution in [-0.4, -0.2) is 52.3 Å². The van der Waals surface area contributed by atoms with Crippen molar-refractivity contribution in [1.82, 2.24) is 20.1 Å². The van der Waals surface area contributed by atoms with Gasteiger partial charge in [-0.2, -0.15) is 0 Å². The Bertz CT molecular complexity index is 827. The molecule has 1 spiro atoms. The van der Waals surface area contributed by atoms with Crippen LogP contribution in [0.3, 0.4) is 0 Å². The number of carbonyl (C=O) groups is 1. The van der Waals surface area contributed by atoms with Gasteiger partial charge in [0, 0.05) is 55.1 Å². The molecule has 7 heteroatoms. The number of nitrogens with zero attached hydrogens (tertiary/aromatic N) is 4. The maximum absolute atomic E-state index is 13.1. The van der Waals surface area contributed by atoms with Crippen molar-refractivity contribution < 1.29 is 13.9 Å². The summed E-state index contributed by atoms with van der Waals surface area (Å²) in [6.07, 6.45) is 6.04. The lowest BCUT2D eigenvalue weighted by molar-refractivity contribution is -0.140. The summed E-state index contributed by atoms with van der Waals surface area (Å²) in [5, 5.41) is 8.65. The molecule has 2 aromatic heterocycles. The molecule has 4 heterocycles. The molecule has 7 nitrogen and oxygen atoms in total. The molecule has 2 aliphatic heterocycles. The number of hydrogen-bond donors (Lipinski definition) is 0. The lowest BCUT2D eigenvalue weighted by Crippen LogP contribution is -2.41. The van der Waals surface area contributed by atoms with Gasteiger partial charge < -0.3 is 14.1 Å². The lowest BCUT2D eigenvalue weighted by Gasteiger charge is -2.36. The number of ether oxygens (including phenoxy) is 1. The molecule has 2 saturated heterocycles. The fourth-order valence-electron chi connectivity index (χ4n) is 4.31. The van der Waals surface area contributed by atoms with E-state index in [-0.39, 0.29) is 22.7 Å². The van der Waals surface area contributed by atoms with Gasteiger partial charge in [-0.05, 0) is 31.4 Å². The highest BCUT2D eigenvalue weighted by atomic mass is 16.5. The van der Waals surface area contributed by atoms with Crippen molar-refractivity contribution in [3.63, 3.8) is 0 Å². The van der Waals surface area contributed by atoms with Crippen LogP contribution in [0, 0.1) is 10.8 Å². The summed E-state index contributed by atoms with van der Waals surface area (Å²) in [6.45, 7) is 8.88. The van der Waals surface area contributed by atoms with E-state index in [2.05, 4.69) is 22.1 Å². The Kier molecular flexibility index (Phi) is 4.95. The van der Waals surface area contributed by atoms with Crippen LogP contribution in [0.5, 0.6) is 0 Å². The SMILES string of the molecule is CCC(C)(C)C(=O)N1CC(c2nnc(-c3ccncc3)o2)C2(CCOCC2)C1. The highest BCUT2D eigenvalue weighted by Gasteiger charge is 2.52. The van der Waals surface area contributed by atoms with Crippen molar-refractivity contribution in [3.8, 4) is 11.5 Å². The number of rotatable bonds is 4. The van der Waals surface area contributed by atoms with E-state index in [4.69, 9.17) is 9.15 Å². The minimum atomic E-state index is -0.363. The van der Waals surface area contributed by atoms with Crippen molar-refractivity contribution in [2.24, 2.45) is 10.8 Å². The number of carbonyl (C=O) groups excluding carboxylic acids is 1. The van der Waals surface area contributed by atoms with Crippen LogP contribution in [0.2, 0.25) is 0 Å². The molecule has 0 N–H and O–H groups in total. The van der Waals surface area contributed by atoms with E-state index in [0.717, 1.165) is 31.4 Å². The standard InChI is InChI=1S/C21H28N4O3/c1-4-20(2,3)19(26)25-13-16(21(14-25)7-11-27-12-8-21)18-24-23-17(28-18)15-5-9-22-10-6-15/h5-6,9-10,16H,4,7-8,11-14H2,1-3H3. The minimum Gasteiger partial charge on any atom is -0.420 e. The smallest absolute Gasteiger partial charge is 0.247 e. The zero-order valence-corrected chi connectivity index (χ0v) is 16.9. The van der Waals surface area contributed by atoms with E-state index in [0.29, 0.717) is 31.5 Å². The van der Waals surface area contributed by atoms with Crippen molar-refractivity contribution in [2.75, 3.05) is 26.3 Å². The summed E-state index contributed by atoms with van der Waals surface area (Å²) in [7, 11) is 0. The van der Waals surface area contributed by atoms with Crippen molar-refractivity contribution in [3.05, 3.63) is 30.4 Å². The second-order valence-corrected chi connectivity index (χ2v) is 8.63. The molecular formula is C21H28N4O3. The normalized spacial score (nSPS) is 22.0. The van der Waals surface area contributed by atoms with E-state index in [9.17, 15) is 4.79 Å². The van der Waals surface area contributed by atoms with E-state index in [1.54, 1.807) is 12.4 Å². The van der Waals surface area contributed by atoms with Crippen LogP contribution in [0.15, 0.2) is 28.9 Å². The van der Waals surface area contributed by atoms with Crippen LogP contribution < -0.4 is 0 Å². The van der Waals surface area contributed by atoms with Gasteiger partial charge in [-0.1, -0.05) is 20.8 Å². The van der Waals surface area contributed by atoms with Gasteiger partial charge in [-0.25, -0.2) is 0 Å². The first kappa shape index (κ1) is 19.1. The summed E-state index contributed by atoms with van der Waals surface area (Å²) < 4.78 is 11.7. The Morgan fingerprint density at radius 2 is 1.96 bits per heavy atom. The molecule has 1 unspecified atom stereocenters. The van der Waals surface area contributed by atoms with Crippen LogP contribution >= 0.6 is 0 Å². The predicted octanol–water partition coefficient (Wildman–Crippen LogP) is 3.29. The topological polar surface area (TPSA) is 81.4 Å². The molecule has 2 aliphatic rings. The van der Waals surface area contributed by atoms with Gasteiger partial charge in [-0.3, -0.25) is 9.78 Å². The van der Waals surface area contributed by atoms with E-state index in [1.807, 2.05) is 30.9 Å². The average molecular weight is 384 g/mol. The number of aromatic nitrogens is 3. The summed E-state index contributed by atoms with van der Waals surface area (Å²) in [6, 6.07) is 3.71. The molecule has 2 fully saturated rings. The van der Waals surface area contributed by atoms with Crippen molar-refractivity contribution in [1.29, 1.82) is 0 Å². The zero-order chi connectivity index (χ0) is 19.8. The van der Waals surface area contributed by atoms with Gasteiger partial charge in [0.2, 0.25) is 17.7 Å². The molecule has 0 radical (unpaired) electrons. The van der Waals surface area contributed by atoms with Crippen LogP contribution in [-0.2, 0) is 9.53 Å². The summed E-state index contributed by atoms with van der Waals surface area (Å²) in [5.41, 5.74) is 0.436. The third-order valence-electron chi connectivity index (χ3n) is 6.55. The molecule has 0 aliphatic carbocycles. The quantitative estimate of drug-likeness (QED) is 0.805. The Morgan fingerprint density at radius 3 is 2.64 bits per heavy atom. The maximum Gasteiger partial charge on any atom is 0.247 e. The van der Waals surface area contributed by atoms with Gasteiger partial charge in [-0.15, -0.1) is 10.2 Å². The fraction of sp³-hybridized carbons (Fsp3) is 0.619. The first-order valence-electron chi connectivity index (χ1n) is 10.1. The molecule has 4 rings (SSSR count). The minimum absolute atomic E-state index is 0.0380. The molecule has 0 aromatic carbocycles. The second kappa shape index (κ2) is 7.28. The summed E-state index contributed by atoms with van der Waals surface area (Å²) >= 11 is 0. The molecule has 0 saturated carbocycles. The highest BCUT2D eigenvalue weighted by molar-refractivity contribution is 5.82. The van der Waals surface area contributed by atoms with E-state index in [1.165, 1.54) is 0 Å². The van der Waals surface area contributed by atoms with Crippen molar-refractivity contribution in [2.45, 2.75) is 46.0 Å². The third-order valence-corrected chi connectivity index (χ3v) is 6.55. The van der Waals surface area contributed by atoms with Gasteiger partial charge in [0.15, 0.2) is 0 Å². The number of likely N-dealkylation sites (tertiary alicyclic amines) is 1. The van der Waals surface area contributed by atoms with Gasteiger partial charge in [0.05, 0.1) is 5.92 Å². The largest absolute Gasteiger partial charge is 0.420 e. The molecule has 28 heavy (non-hydrogen) atoms. The van der Waals surface area contributed by atoms with Crippen LogP contribution in [0.1, 0.15) is 51.8 Å². The first-order valence-corrected chi connectivity index (χ1v) is 10.1. The Morgan fingerprint density at radius 1 is 1.25 bits per heavy atom. The van der Waals surface area contributed by atoms with E-state index >= 15 is 0 Å². The Hall–Kier alpha value is -2.28. The number of amides is 1. The summed E-state index contributed by atoms with van der Waals surface area (Å²) in [5.74, 6) is 1.37. The fourth-order valence-corrected chi connectivity index (χ4v) is 4.31. The van der Waals surface area contributed by atoms with Gasteiger partial charge in [0.1, 0.15) is 0 Å². The van der Waals surface area contributed by atoms with Gasteiger partial charge >= 0.3 is 0 Å². The number of hydrogen-bond acceptors (Lipinski definition) is 6. The lowest BCUT2D eigenvalue weighted by atomic mass is 9.72. The maximum atomic E-state index is 13.1. The highest BCUT2D eigenvalue weighted by Crippen LogP contribution is 2.50. The predicted molar refractivity (Wildman–Crippen MR) is 103 cm³/mol. The third kappa shape index (κ3) is 3.32. The molecular weight excluding hydrogens is 356 g/mol. The molecule has 2 aromatic rings. The first-order chi connectivity index (χ1) is 13.5. The van der Waals surface area contributed by atoms with Gasteiger partial charge in [0.25, 0.3) is 0 Å². The Balaban J connectivity index is 1.64. The second-order valence-electron chi connectivity index (χ2n) is 8.63. The molecule has 150 valence electrons. The van der Waals surface area contributed by atoms with Crippen LogP contribution in [0.25, 0.3) is 11.5 Å².